The first-order valence-corrected chi connectivity index (χ1v) is 8.91. The Bertz CT molecular complexity index is 852. The summed E-state index contributed by atoms with van der Waals surface area (Å²) in [6, 6.07) is 7.18. The van der Waals surface area contributed by atoms with Gasteiger partial charge < -0.3 is 15.0 Å². The van der Waals surface area contributed by atoms with Crippen molar-refractivity contribution >= 4 is 52.1 Å². The molecule has 0 saturated carbocycles. The second kappa shape index (κ2) is 9.51. The van der Waals surface area contributed by atoms with Gasteiger partial charge >= 0.3 is 0 Å². The Morgan fingerprint density at radius 3 is 2.65 bits per heavy atom. The molecule has 1 heterocycles. The van der Waals surface area contributed by atoms with Crippen LogP contribution in [0.2, 0.25) is 10.2 Å². The number of halogens is 2. The van der Waals surface area contributed by atoms with Crippen molar-refractivity contribution in [2.45, 2.75) is 13.5 Å². The molecule has 0 spiro atoms. The molecule has 2 aromatic rings. The number of carbonyl (C=O) groups excluding carboxylic acids is 1. The largest absolute Gasteiger partial charge is 0.398 e. The second-order valence-electron chi connectivity index (χ2n) is 4.93. The summed E-state index contributed by atoms with van der Waals surface area (Å²) in [6.45, 7) is 1.86. The lowest BCUT2D eigenvalue weighted by molar-refractivity contribution is -0.114. The molecule has 0 aliphatic rings. The lowest BCUT2D eigenvalue weighted by Crippen LogP contribution is -2.29. The van der Waals surface area contributed by atoms with Crippen molar-refractivity contribution in [3.8, 4) is 0 Å². The van der Waals surface area contributed by atoms with Gasteiger partial charge in [0, 0.05) is 18.2 Å². The van der Waals surface area contributed by atoms with Crippen LogP contribution >= 0.6 is 34.7 Å². The molecule has 1 amide bonds. The van der Waals surface area contributed by atoms with Crippen molar-refractivity contribution < 1.29 is 14.5 Å². The third-order valence-electron chi connectivity index (χ3n) is 3.24. The minimum Gasteiger partial charge on any atom is -0.398 e. The monoisotopic (exact) mass is 414 g/mol. The van der Waals surface area contributed by atoms with Crippen LogP contribution in [0.1, 0.15) is 22.9 Å². The van der Waals surface area contributed by atoms with Crippen LogP contribution in [0.25, 0.3) is 0 Å². The molecule has 1 aromatic heterocycles. The molecular weight excluding hydrogens is 399 g/mol. The van der Waals surface area contributed by atoms with Crippen molar-refractivity contribution in [3.05, 3.63) is 50.4 Å². The number of benzene rings is 1. The molecule has 0 aliphatic heterocycles. The number of carbonyl (C=O) groups is 1. The number of hydrogen-bond acceptors (Lipinski definition) is 7. The quantitative estimate of drug-likeness (QED) is 0.554. The van der Waals surface area contributed by atoms with E-state index in [0.717, 1.165) is 17.1 Å². The van der Waals surface area contributed by atoms with E-state index in [1.54, 1.807) is 19.1 Å². The maximum absolute atomic E-state index is 12.0. The third-order valence-corrected chi connectivity index (χ3v) is 5.15. The van der Waals surface area contributed by atoms with Crippen molar-refractivity contribution in [1.29, 1.82) is 0 Å². The summed E-state index contributed by atoms with van der Waals surface area (Å²) in [5.41, 5.74) is 2.00. The van der Waals surface area contributed by atoms with Gasteiger partial charge in [0.25, 0.3) is 5.91 Å². The summed E-state index contributed by atoms with van der Waals surface area (Å²) < 4.78 is 3.95. The van der Waals surface area contributed by atoms with Crippen LogP contribution in [0.15, 0.2) is 34.6 Å². The number of rotatable bonds is 7. The first-order chi connectivity index (χ1) is 12.5. The first-order valence-electron chi connectivity index (χ1n) is 7.38. The predicted octanol–water partition coefficient (Wildman–Crippen LogP) is 3.49. The Kier molecular flexibility index (Phi) is 7.38. The van der Waals surface area contributed by atoms with E-state index >= 15 is 0 Å². The minimum absolute atomic E-state index is 0.122. The van der Waals surface area contributed by atoms with Gasteiger partial charge in [-0.2, -0.15) is 4.37 Å². The lowest BCUT2D eigenvalue weighted by atomic mass is 10.0. The van der Waals surface area contributed by atoms with Crippen LogP contribution in [0.5, 0.6) is 0 Å². The van der Waals surface area contributed by atoms with Gasteiger partial charge in [-0.1, -0.05) is 57.8 Å². The van der Waals surface area contributed by atoms with Gasteiger partial charge in [-0.25, -0.2) is 0 Å². The molecule has 7 nitrogen and oxygen atoms in total. The lowest BCUT2D eigenvalue weighted by Gasteiger charge is -2.10. The van der Waals surface area contributed by atoms with E-state index in [2.05, 4.69) is 20.0 Å². The normalized spacial score (nSPS) is 12.0. The van der Waals surface area contributed by atoms with Crippen molar-refractivity contribution in [2.75, 3.05) is 14.2 Å². The van der Waals surface area contributed by atoms with Gasteiger partial charge in [0.1, 0.15) is 13.7 Å². The molecule has 138 valence electrons. The Balaban J connectivity index is 2.20. The molecule has 0 aliphatic carbocycles. The van der Waals surface area contributed by atoms with Crippen LogP contribution in [0, 0.1) is 0 Å². The van der Waals surface area contributed by atoms with Gasteiger partial charge in [-0.3, -0.25) is 4.79 Å². The van der Waals surface area contributed by atoms with E-state index in [-0.39, 0.29) is 23.4 Å². The summed E-state index contributed by atoms with van der Waals surface area (Å²) >= 11 is 13.0. The topological polar surface area (TPSA) is 85.2 Å². The Morgan fingerprint density at radius 2 is 2.04 bits per heavy atom. The zero-order chi connectivity index (χ0) is 19.1. The number of nitrogens with one attached hydrogen (secondary N) is 1. The standard InChI is InChI=1S/C16H16Cl2N4O3S/c1-9(14-12(17)15(18)22-26-14)20-25-8-10-6-4-5-7-11(10)13(21-24-3)16(23)19-2/h4-7H,8H2,1-3H3,(H,19,23)/b20-9+,21-13+. The maximum atomic E-state index is 12.0. The molecule has 0 fully saturated rings. The molecule has 1 aromatic carbocycles. The van der Waals surface area contributed by atoms with Crippen molar-refractivity contribution in [1.82, 2.24) is 9.69 Å². The molecule has 0 radical (unpaired) electrons. The number of amides is 1. The van der Waals surface area contributed by atoms with Gasteiger partial charge in [-0.15, -0.1) is 0 Å². The Labute approximate surface area is 164 Å². The number of aromatic nitrogens is 1. The highest BCUT2D eigenvalue weighted by Gasteiger charge is 2.18. The smallest absolute Gasteiger partial charge is 0.273 e. The van der Waals surface area contributed by atoms with E-state index in [9.17, 15) is 4.79 Å². The summed E-state index contributed by atoms with van der Waals surface area (Å²) in [5, 5.41) is 11.0. The first kappa shape index (κ1) is 20.2. The molecule has 2 rings (SSSR count). The maximum Gasteiger partial charge on any atom is 0.273 e. The molecule has 0 bridgehead atoms. The summed E-state index contributed by atoms with van der Waals surface area (Å²) in [7, 11) is 2.89. The fourth-order valence-electron chi connectivity index (χ4n) is 2.02. The molecular formula is C16H16Cl2N4O3S. The van der Waals surface area contributed by atoms with Crippen LogP contribution in [-0.4, -0.2) is 35.9 Å². The minimum atomic E-state index is -0.370. The van der Waals surface area contributed by atoms with Gasteiger partial charge in [0.2, 0.25) is 0 Å². The summed E-state index contributed by atoms with van der Waals surface area (Å²) in [5.74, 6) is -0.370. The zero-order valence-corrected chi connectivity index (χ0v) is 16.6. The van der Waals surface area contributed by atoms with E-state index in [0.29, 0.717) is 21.2 Å². The molecule has 0 atom stereocenters. The molecule has 26 heavy (non-hydrogen) atoms. The van der Waals surface area contributed by atoms with Crippen molar-refractivity contribution in [3.63, 3.8) is 0 Å². The molecule has 1 N–H and O–H groups in total. The third kappa shape index (κ3) is 4.72. The summed E-state index contributed by atoms with van der Waals surface area (Å²) in [6.07, 6.45) is 0. The highest BCUT2D eigenvalue weighted by molar-refractivity contribution is 7.09. The van der Waals surface area contributed by atoms with Crippen LogP contribution < -0.4 is 5.32 Å². The molecule has 10 heteroatoms. The Hall–Kier alpha value is -2.16. The highest BCUT2D eigenvalue weighted by atomic mass is 35.5. The van der Waals surface area contributed by atoms with E-state index in [1.807, 2.05) is 12.1 Å². The number of nitrogens with zero attached hydrogens (tertiary/aromatic N) is 3. The van der Waals surface area contributed by atoms with Gasteiger partial charge in [-0.05, 0) is 18.5 Å². The van der Waals surface area contributed by atoms with Crippen LogP contribution in [-0.2, 0) is 21.1 Å². The van der Waals surface area contributed by atoms with Crippen LogP contribution in [0.4, 0.5) is 0 Å². The van der Waals surface area contributed by atoms with Gasteiger partial charge in [0.15, 0.2) is 10.9 Å². The predicted molar refractivity (Wildman–Crippen MR) is 103 cm³/mol. The number of oxime groups is 2. The highest BCUT2D eigenvalue weighted by Crippen LogP contribution is 2.29. The number of likely N-dealkylation sites (N-methyl/N-ethyl adjacent to an activating group) is 1. The summed E-state index contributed by atoms with van der Waals surface area (Å²) in [4.78, 5) is 22.9. The fraction of sp³-hybridized carbons (Fsp3) is 0.250. The Morgan fingerprint density at radius 1 is 1.31 bits per heavy atom. The van der Waals surface area contributed by atoms with Crippen LogP contribution in [0.3, 0.4) is 0 Å². The number of hydrogen-bond donors (Lipinski definition) is 1. The zero-order valence-electron chi connectivity index (χ0n) is 14.2. The SMILES string of the molecule is CNC(=O)/C(=N/OC)c1ccccc1CO/N=C(\C)c1snc(Cl)c1Cl. The van der Waals surface area contributed by atoms with E-state index in [1.165, 1.54) is 14.2 Å². The average Bonchev–Trinajstić information content (AvgIpc) is 2.98. The second-order valence-corrected chi connectivity index (χ2v) is 6.43. The van der Waals surface area contributed by atoms with Gasteiger partial charge in [0.05, 0.1) is 15.6 Å². The van der Waals surface area contributed by atoms with E-state index < -0.39 is 0 Å². The van der Waals surface area contributed by atoms with Crippen molar-refractivity contribution in [2.24, 2.45) is 10.3 Å². The molecule has 0 saturated heterocycles. The molecule has 0 unspecified atom stereocenters. The fourth-order valence-corrected chi connectivity index (χ4v) is 3.22. The van der Waals surface area contributed by atoms with E-state index in [4.69, 9.17) is 32.9 Å². The average molecular weight is 415 g/mol.